The summed E-state index contributed by atoms with van der Waals surface area (Å²) in [5, 5.41) is 5.45. The van der Waals surface area contributed by atoms with Gasteiger partial charge in [-0.3, -0.25) is 15.1 Å². The Bertz CT molecular complexity index is 536. The van der Waals surface area contributed by atoms with Crippen molar-refractivity contribution in [1.29, 1.82) is 0 Å². The van der Waals surface area contributed by atoms with Crippen LogP contribution in [-0.2, 0) is 0 Å². The fourth-order valence-corrected chi connectivity index (χ4v) is 1.28. The topological polar surface area (TPSA) is 80.0 Å². The number of nitrogens with one attached hydrogen (secondary N) is 2. The highest BCUT2D eigenvalue weighted by Crippen LogP contribution is 2.10. The second-order valence-corrected chi connectivity index (χ2v) is 3.43. The Morgan fingerprint density at radius 3 is 2.94 bits per heavy atom. The number of oxazole rings is 1. The molecule has 17 heavy (non-hydrogen) atoms. The van der Waals surface area contributed by atoms with Gasteiger partial charge in [-0.25, -0.2) is 0 Å². The molecule has 0 aliphatic heterocycles. The lowest BCUT2D eigenvalue weighted by molar-refractivity contribution is 0.101. The maximum atomic E-state index is 11.8. The molecular formula is C11H12N4O2. The minimum atomic E-state index is -0.357. The quantitative estimate of drug-likeness (QED) is 0.841. The molecule has 2 aromatic rings. The first-order valence-electron chi connectivity index (χ1n) is 5.06. The minimum Gasteiger partial charge on any atom is -0.432 e. The Kier molecular flexibility index (Phi) is 3.04. The highest BCUT2D eigenvalue weighted by molar-refractivity contribution is 6.02. The van der Waals surface area contributed by atoms with Gasteiger partial charge >= 0.3 is 6.01 Å². The molecule has 0 aromatic carbocycles. The Hall–Kier alpha value is -2.37. The molecule has 88 valence electrons. The van der Waals surface area contributed by atoms with Gasteiger partial charge in [0.2, 0.25) is 0 Å². The monoisotopic (exact) mass is 232 g/mol. The van der Waals surface area contributed by atoms with E-state index >= 15 is 0 Å². The van der Waals surface area contributed by atoms with Crippen LogP contribution in [0.4, 0.5) is 11.7 Å². The first-order chi connectivity index (χ1) is 8.19. The molecule has 0 radical (unpaired) electrons. The Balaban J connectivity index is 2.14. The maximum absolute atomic E-state index is 11.8. The lowest BCUT2D eigenvalue weighted by Gasteiger charge is -2.02. The van der Waals surface area contributed by atoms with Crippen molar-refractivity contribution in [3.8, 4) is 0 Å². The predicted molar refractivity (Wildman–Crippen MR) is 63.0 cm³/mol. The van der Waals surface area contributed by atoms with Crippen molar-refractivity contribution < 1.29 is 9.21 Å². The van der Waals surface area contributed by atoms with E-state index < -0.39 is 0 Å². The minimum absolute atomic E-state index is 0.171. The van der Waals surface area contributed by atoms with Crippen LogP contribution in [0.5, 0.6) is 0 Å². The summed E-state index contributed by atoms with van der Waals surface area (Å²) in [4.78, 5) is 19.7. The van der Waals surface area contributed by atoms with E-state index in [9.17, 15) is 4.79 Å². The van der Waals surface area contributed by atoms with Gasteiger partial charge in [-0.15, -0.1) is 0 Å². The molecule has 2 N–H and O–H groups in total. The molecule has 6 heteroatoms. The van der Waals surface area contributed by atoms with Crippen LogP contribution in [0, 0.1) is 6.92 Å². The first-order valence-corrected chi connectivity index (χ1v) is 5.06. The van der Waals surface area contributed by atoms with E-state index in [2.05, 4.69) is 20.6 Å². The molecule has 2 rings (SSSR count). The zero-order chi connectivity index (χ0) is 12.3. The van der Waals surface area contributed by atoms with Crippen LogP contribution < -0.4 is 10.6 Å². The summed E-state index contributed by atoms with van der Waals surface area (Å²) in [7, 11) is 1.77. The molecule has 0 saturated heterocycles. The van der Waals surface area contributed by atoms with Crippen molar-refractivity contribution in [3.63, 3.8) is 0 Å². The first kappa shape index (κ1) is 11.1. The molecule has 1 amide bonds. The largest absolute Gasteiger partial charge is 0.432 e. The standard InChI is InChI=1S/C11H12N4O2/c1-7-6-17-11(14-7)15-10(16)9-5-8(12-2)3-4-13-9/h3-6H,1-2H3,(H,12,13)(H,14,15,16). The molecule has 0 aliphatic rings. The second kappa shape index (κ2) is 4.65. The molecule has 0 atom stereocenters. The lowest BCUT2D eigenvalue weighted by atomic mass is 10.3. The Morgan fingerprint density at radius 1 is 1.47 bits per heavy atom. The number of aryl methyl sites for hydroxylation is 1. The maximum Gasteiger partial charge on any atom is 0.301 e. The highest BCUT2D eigenvalue weighted by atomic mass is 16.4. The van der Waals surface area contributed by atoms with Crippen molar-refractivity contribution in [1.82, 2.24) is 9.97 Å². The summed E-state index contributed by atoms with van der Waals surface area (Å²) in [6.45, 7) is 1.78. The van der Waals surface area contributed by atoms with Crippen molar-refractivity contribution >= 4 is 17.6 Å². The van der Waals surface area contributed by atoms with Gasteiger partial charge < -0.3 is 9.73 Å². The fourth-order valence-electron chi connectivity index (χ4n) is 1.28. The molecule has 0 aliphatic carbocycles. The van der Waals surface area contributed by atoms with Crippen molar-refractivity contribution in [2.75, 3.05) is 17.7 Å². The number of rotatable bonds is 3. The van der Waals surface area contributed by atoms with Crippen LogP contribution in [0.2, 0.25) is 0 Å². The summed E-state index contributed by atoms with van der Waals surface area (Å²) in [5.74, 6) is -0.357. The van der Waals surface area contributed by atoms with E-state index in [1.807, 2.05) is 0 Å². The normalized spacial score (nSPS) is 10.0. The second-order valence-electron chi connectivity index (χ2n) is 3.43. The van der Waals surface area contributed by atoms with Crippen molar-refractivity contribution in [3.05, 3.63) is 36.0 Å². The van der Waals surface area contributed by atoms with E-state index in [0.29, 0.717) is 11.4 Å². The number of hydrogen-bond acceptors (Lipinski definition) is 5. The van der Waals surface area contributed by atoms with Crippen LogP contribution in [0.1, 0.15) is 16.2 Å². The molecule has 0 bridgehead atoms. The fraction of sp³-hybridized carbons (Fsp3) is 0.182. The van der Waals surface area contributed by atoms with Gasteiger partial charge in [0.1, 0.15) is 12.0 Å². The third kappa shape index (κ3) is 2.60. The zero-order valence-electron chi connectivity index (χ0n) is 9.52. The number of anilines is 2. The smallest absolute Gasteiger partial charge is 0.301 e. The molecule has 2 aromatic heterocycles. The molecule has 2 heterocycles. The Labute approximate surface area is 98.1 Å². The average Bonchev–Trinajstić information content (AvgIpc) is 2.75. The third-order valence-electron chi connectivity index (χ3n) is 2.12. The summed E-state index contributed by atoms with van der Waals surface area (Å²) in [5.41, 5.74) is 1.82. The van der Waals surface area contributed by atoms with E-state index in [4.69, 9.17) is 4.42 Å². The summed E-state index contributed by atoms with van der Waals surface area (Å²) in [6, 6.07) is 3.58. The molecule has 0 unspecified atom stereocenters. The summed E-state index contributed by atoms with van der Waals surface area (Å²) in [6.07, 6.45) is 3.02. The van der Waals surface area contributed by atoms with Gasteiger partial charge in [0, 0.05) is 18.9 Å². The molecule has 0 spiro atoms. The van der Waals surface area contributed by atoms with Gasteiger partial charge in [-0.1, -0.05) is 0 Å². The van der Waals surface area contributed by atoms with Crippen LogP contribution in [0.3, 0.4) is 0 Å². The molecule has 0 fully saturated rings. The number of nitrogens with zero attached hydrogens (tertiary/aromatic N) is 2. The van der Waals surface area contributed by atoms with E-state index in [1.165, 1.54) is 6.26 Å². The number of carbonyl (C=O) groups excluding carboxylic acids is 1. The van der Waals surface area contributed by atoms with Crippen LogP contribution in [0.25, 0.3) is 0 Å². The highest BCUT2D eigenvalue weighted by Gasteiger charge is 2.10. The van der Waals surface area contributed by atoms with Crippen LogP contribution in [0.15, 0.2) is 29.0 Å². The Morgan fingerprint density at radius 2 is 2.29 bits per heavy atom. The van der Waals surface area contributed by atoms with Gasteiger partial charge in [0.15, 0.2) is 0 Å². The predicted octanol–water partition coefficient (Wildman–Crippen LogP) is 1.67. The van der Waals surface area contributed by atoms with Gasteiger partial charge in [0.25, 0.3) is 5.91 Å². The average molecular weight is 232 g/mol. The summed E-state index contributed by atoms with van der Waals surface area (Å²) < 4.78 is 5.03. The third-order valence-corrected chi connectivity index (χ3v) is 2.12. The SMILES string of the molecule is CNc1ccnc(C(=O)Nc2nc(C)co2)c1. The van der Waals surface area contributed by atoms with E-state index in [1.54, 1.807) is 32.3 Å². The number of carbonyl (C=O) groups is 1. The van der Waals surface area contributed by atoms with Crippen molar-refractivity contribution in [2.24, 2.45) is 0 Å². The van der Waals surface area contributed by atoms with E-state index in [0.717, 1.165) is 5.69 Å². The zero-order valence-corrected chi connectivity index (χ0v) is 9.52. The number of aromatic nitrogens is 2. The number of hydrogen-bond donors (Lipinski definition) is 2. The molecule has 6 nitrogen and oxygen atoms in total. The summed E-state index contributed by atoms with van der Waals surface area (Å²) >= 11 is 0. The molecule has 0 saturated carbocycles. The van der Waals surface area contributed by atoms with Crippen molar-refractivity contribution in [2.45, 2.75) is 6.92 Å². The number of amides is 1. The lowest BCUT2D eigenvalue weighted by Crippen LogP contribution is -2.14. The molecular weight excluding hydrogens is 220 g/mol. The number of pyridine rings is 1. The van der Waals surface area contributed by atoms with Crippen LogP contribution >= 0.6 is 0 Å². The van der Waals surface area contributed by atoms with Gasteiger partial charge in [-0.05, 0) is 19.1 Å². The van der Waals surface area contributed by atoms with Crippen LogP contribution in [-0.4, -0.2) is 22.9 Å². The van der Waals surface area contributed by atoms with Gasteiger partial charge in [0.05, 0.1) is 5.69 Å². The van der Waals surface area contributed by atoms with Gasteiger partial charge in [-0.2, -0.15) is 4.98 Å². The van der Waals surface area contributed by atoms with E-state index in [-0.39, 0.29) is 11.9 Å².